The Morgan fingerprint density at radius 2 is 1.94 bits per heavy atom. The van der Waals surface area contributed by atoms with Crippen LogP contribution in [0.4, 0.5) is 0 Å². The lowest BCUT2D eigenvalue weighted by Gasteiger charge is -2.15. The van der Waals surface area contributed by atoms with Crippen LogP contribution in [0.3, 0.4) is 0 Å². The smallest absolute Gasteiger partial charge is 0.321 e. The van der Waals surface area contributed by atoms with Crippen molar-refractivity contribution in [2.45, 2.75) is 24.3 Å². The van der Waals surface area contributed by atoms with Crippen molar-refractivity contribution in [2.75, 3.05) is 0 Å². The van der Waals surface area contributed by atoms with Crippen LogP contribution in [0.25, 0.3) is 0 Å². The zero-order chi connectivity index (χ0) is 12.3. The lowest BCUT2D eigenvalue weighted by molar-refractivity contribution is -0.136. The lowest BCUT2D eigenvalue weighted by Crippen LogP contribution is -2.10. The molecule has 2 nitrogen and oxygen atoms in total. The molecule has 1 unspecified atom stereocenters. The van der Waals surface area contributed by atoms with Crippen molar-refractivity contribution in [1.29, 1.82) is 0 Å². The fraction of sp³-hybridized carbons (Fsp3) is 0.364. The van der Waals surface area contributed by atoms with Gasteiger partial charge < -0.3 is 5.11 Å². The van der Waals surface area contributed by atoms with E-state index >= 15 is 0 Å². The highest BCUT2D eigenvalue weighted by atomic mass is 35.5. The van der Waals surface area contributed by atoms with E-state index in [1.807, 2.05) is 13.8 Å². The normalized spacial score (nSPS) is 12.8. The van der Waals surface area contributed by atoms with Crippen LogP contribution in [0.15, 0.2) is 18.2 Å². The van der Waals surface area contributed by atoms with E-state index in [-0.39, 0.29) is 5.25 Å². The Bertz CT molecular complexity index is 394. The number of carboxylic acids is 1. The molecular weight excluding hydrogens is 267 g/mol. The van der Waals surface area contributed by atoms with E-state index < -0.39 is 11.2 Å². The minimum atomic E-state index is -0.864. The van der Waals surface area contributed by atoms with Gasteiger partial charge in [0.05, 0.1) is 10.0 Å². The molecule has 0 radical (unpaired) electrons. The van der Waals surface area contributed by atoms with Gasteiger partial charge in [-0.1, -0.05) is 43.1 Å². The first-order valence-corrected chi connectivity index (χ1v) is 6.45. The Labute approximate surface area is 109 Å². The predicted octanol–water partition coefficient (Wildman–Crippen LogP) is 4.26. The van der Waals surface area contributed by atoms with E-state index in [9.17, 15) is 4.79 Å². The van der Waals surface area contributed by atoms with E-state index in [1.165, 1.54) is 11.8 Å². The van der Waals surface area contributed by atoms with Crippen molar-refractivity contribution in [3.05, 3.63) is 33.8 Å². The number of benzene rings is 1. The highest BCUT2D eigenvalue weighted by Gasteiger charge is 2.22. The summed E-state index contributed by atoms with van der Waals surface area (Å²) < 4.78 is 0. The van der Waals surface area contributed by atoms with Crippen LogP contribution in [0.1, 0.15) is 24.7 Å². The van der Waals surface area contributed by atoms with Gasteiger partial charge in [-0.2, -0.15) is 0 Å². The fourth-order valence-corrected chi connectivity index (χ4v) is 2.50. The Kier molecular flexibility index (Phi) is 4.96. The first-order chi connectivity index (χ1) is 7.41. The summed E-state index contributed by atoms with van der Waals surface area (Å²) in [5.41, 5.74) is 0.667. The molecule has 0 aliphatic heterocycles. The van der Waals surface area contributed by atoms with Gasteiger partial charge in [-0.05, 0) is 17.7 Å². The standard InChI is InChI=1S/C11H12Cl2O2S/c1-6(2)16-10(11(14)15)7-3-4-8(12)9(13)5-7/h3-6,10H,1-2H3,(H,14,15). The minimum Gasteiger partial charge on any atom is -0.480 e. The number of aliphatic carboxylic acids is 1. The molecule has 5 heteroatoms. The molecule has 1 aromatic rings. The van der Waals surface area contributed by atoms with Gasteiger partial charge in [0, 0.05) is 5.25 Å². The summed E-state index contributed by atoms with van der Waals surface area (Å²) >= 11 is 13.0. The van der Waals surface area contributed by atoms with Crippen LogP contribution in [-0.2, 0) is 4.79 Å². The highest BCUT2D eigenvalue weighted by molar-refractivity contribution is 8.00. The summed E-state index contributed by atoms with van der Waals surface area (Å²) in [5, 5.41) is 9.59. The molecule has 0 saturated heterocycles. The summed E-state index contributed by atoms with van der Waals surface area (Å²) in [7, 11) is 0. The average Bonchev–Trinajstić information content (AvgIpc) is 2.18. The maximum atomic E-state index is 11.1. The maximum Gasteiger partial charge on any atom is 0.321 e. The number of hydrogen-bond acceptors (Lipinski definition) is 2. The summed E-state index contributed by atoms with van der Waals surface area (Å²) in [6.07, 6.45) is 0. The number of rotatable bonds is 4. The summed E-state index contributed by atoms with van der Waals surface area (Å²) in [6, 6.07) is 4.93. The summed E-state index contributed by atoms with van der Waals surface area (Å²) in [4.78, 5) is 11.1. The Hall–Kier alpha value is -0.380. The van der Waals surface area contributed by atoms with E-state index in [0.29, 0.717) is 15.6 Å². The third-order valence-corrected chi connectivity index (χ3v) is 3.91. The summed E-state index contributed by atoms with van der Waals surface area (Å²) in [6.45, 7) is 3.91. The average molecular weight is 279 g/mol. The predicted molar refractivity (Wildman–Crippen MR) is 69.6 cm³/mol. The molecule has 0 heterocycles. The Balaban J connectivity index is 3.01. The largest absolute Gasteiger partial charge is 0.480 e. The molecule has 0 spiro atoms. The van der Waals surface area contributed by atoms with Crippen LogP contribution in [0.5, 0.6) is 0 Å². The third-order valence-electron chi connectivity index (χ3n) is 1.88. The fourth-order valence-electron chi connectivity index (χ4n) is 1.23. The number of thioether (sulfide) groups is 1. The van der Waals surface area contributed by atoms with Crippen LogP contribution in [-0.4, -0.2) is 16.3 Å². The molecule has 88 valence electrons. The van der Waals surface area contributed by atoms with Crippen molar-refractivity contribution in [2.24, 2.45) is 0 Å². The molecule has 0 amide bonds. The Morgan fingerprint density at radius 3 is 2.38 bits per heavy atom. The van der Waals surface area contributed by atoms with Crippen molar-refractivity contribution >= 4 is 40.9 Å². The van der Waals surface area contributed by atoms with Crippen molar-refractivity contribution < 1.29 is 9.90 Å². The molecule has 1 atom stereocenters. The molecule has 0 aliphatic carbocycles. The second kappa shape index (κ2) is 5.80. The molecule has 0 saturated carbocycles. The summed E-state index contributed by atoms with van der Waals surface area (Å²) in [5.74, 6) is -0.864. The molecule has 0 aliphatic rings. The second-order valence-corrected chi connectivity index (χ2v) is 6.08. The number of halogens is 2. The zero-order valence-corrected chi connectivity index (χ0v) is 11.2. The van der Waals surface area contributed by atoms with E-state index in [2.05, 4.69) is 0 Å². The van der Waals surface area contributed by atoms with Gasteiger partial charge in [0.1, 0.15) is 5.25 Å². The monoisotopic (exact) mass is 278 g/mol. The first-order valence-electron chi connectivity index (χ1n) is 4.75. The van der Waals surface area contributed by atoms with Gasteiger partial charge in [-0.25, -0.2) is 0 Å². The molecule has 0 aromatic heterocycles. The molecule has 0 bridgehead atoms. The minimum absolute atomic E-state index is 0.232. The highest BCUT2D eigenvalue weighted by Crippen LogP contribution is 2.35. The third kappa shape index (κ3) is 3.58. The number of carboxylic acid groups (broad SMARTS) is 1. The zero-order valence-electron chi connectivity index (χ0n) is 8.91. The van der Waals surface area contributed by atoms with Crippen LogP contribution in [0.2, 0.25) is 10.0 Å². The van der Waals surface area contributed by atoms with Crippen LogP contribution >= 0.6 is 35.0 Å². The van der Waals surface area contributed by atoms with Gasteiger partial charge >= 0.3 is 5.97 Å². The molecule has 1 aromatic carbocycles. The van der Waals surface area contributed by atoms with Gasteiger partial charge in [0.2, 0.25) is 0 Å². The Morgan fingerprint density at radius 1 is 1.31 bits per heavy atom. The van der Waals surface area contributed by atoms with Crippen LogP contribution < -0.4 is 0 Å². The van der Waals surface area contributed by atoms with Gasteiger partial charge in [-0.3, -0.25) is 4.79 Å². The quantitative estimate of drug-likeness (QED) is 0.894. The van der Waals surface area contributed by atoms with E-state index in [0.717, 1.165) is 0 Å². The maximum absolute atomic E-state index is 11.1. The van der Waals surface area contributed by atoms with E-state index in [1.54, 1.807) is 18.2 Å². The van der Waals surface area contributed by atoms with Crippen molar-refractivity contribution in [3.63, 3.8) is 0 Å². The number of carbonyl (C=O) groups is 1. The van der Waals surface area contributed by atoms with Gasteiger partial charge in [0.15, 0.2) is 0 Å². The molecule has 0 fully saturated rings. The SMILES string of the molecule is CC(C)SC(C(=O)O)c1ccc(Cl)c(Cl)c1. The van der Waals surface area contributed by atoms with Gasteiger partial charge in [-0.15, -0.1) is 11.8 Å². The lowest BCUT2D eigenvalue weighted by atomic mass is 10.1. The van der Waals surface area contributed by atoms with Crippen molar-refractivity contribution in [1.82, 2.24) is 0 Å². The van der Waals surface area contributed by atoms with Crippen LogP contribution in [0, 0.1) is 0 Å². The molecule has 1 N–H and O–H groups in total. The second-order valence-electron chi connectivity index (χ2n) is 3.58. The topological polar surface area (TPSA) is 37.3 Å². The van der Waals surface area contributed by atoms with Crippen molar-refractivity contribution in [3.8, 4) is 0 Å². The van der Waals surface area contributed by atoms with E-state index in [4.69, 9.17) is 28.3 Å². The first kappa shape index (κ1) is 13.7. The molecule has 1 rings (SSSR count). The molecule has 16 heavy (non-hydrogen) atoms. The van der Waals surface area contributed by atoms with Gasteiger partial charge in [0.25, 0.3) is 0 Å². The molecular formula is C11H12Cl2O2S. The number of hydrogen-bond donors (Lipinski definition) is 1.